The van der Waals surface area contributed by atoms with E-state index in [2.05, 4.69) is 15.5 Å². The van der Waals surface area contributed by atoms with Gasteiger partial charge in [-0.2, -0.15) is 5.10 Å². The van der Waals surface area contributed by atoms with Crippen molar-refractivity contribution < 1.29 is 23.8 Å². The van der Waals surface area contributed by atoms with E-state index < -0.39 is 22.9 Å². The number of halogens is 1. The van der Waals surface area contributed by atoms with Crippen LogP contribution < -0.4 is 5.32 Å². The molecule has 1 fully saturated rings. The maximum absolute atomic E-state index is 14.1. The van der Waals surface area contributed by atoms with Gasteiger partial charge in [0.05, 0.1) is 25.3 Å². The highest BCUT2D eigenvalue weighted by molar-refractivity contribution is 8.15. The van der Waals surface area contributed by atoms with E-state index in [1.165, 1.54) is 12.3 Å². The van der Waals surface area contributed by atoms with E-state index in [4.69, 9.17) is 9.84 Å². The monoisotopic (exact) mass is 381 g/mol. The molecule has 1 saturated heterocycles. The Labute approximate surface area is 154 Å². The Morgan fingerprint density at radius 3 is 2.96 bits per heavy atom. The van der Waals surface area contributed by atoms with Crippen molar-refractivity contribution in [2.45, 2.75) is 44.6 Å². The van der Waals surface area contributed by atoms with Gasteiger partial charge in [0.25, 0.3) is 0 Å². The van der Waals surface area contributed by atoms with Crippen LogP contribution in [0, 0.1) is 5.82 Å². The number of hydrogen-bond donors (Lipinski definition) is 2. The summed E-state index contributed by atoms with van der Waals surface area (Å²) < 4.78 is 19.6. The summed E-state index contributed by atoms with van der Waals surface area (Å²) in [5.74, 6) is -1.87. The maximum atomic E-state index is 14.1. The molecule has 140 valence electrons. The summed E-state index contributed by atoms with van der Waals surface area (Å²) >= 11 is 1.00. The largest absolute Gasteiger partial charge is 0.481 e. The second kappa shape index (κ2) is 9.44. The molecule has 2 N–H and O–H groups in total. The number of nitrogens with zero attached hydrogens (tertiary/aromatic N) is 2. The number of carbonyl (C=O) groups excluding carboxylic acids is 1. The zero-order valence-corrected chi connectivity index (χ0v) is 15.3. The molecule has 0 saturated carbocycles. The number of benzene rings is 1. The summed E-state index contributed by atoms with van der Waals surface area (Å²) in [6, 6.07) is 4.64. The number of carbonyl (C=O) groups is 2. The van der Waals surface area contributed by atoms with Crippen LogP contribution in [0.2, 0.25) is 0 Å². The molecule has 2 atom stereocenters. The number of carboxylic acids is 1. The van der Waals surface area contributed by atoms with Crippen LogP contribution in [0.15, 0.2) is 28.4 Å². The highest BCUT2D eigenvalue weighted by Crippen LogP contribution is 2.22. The van der Waals surface area contributed by atoms with Gasteiger partial charge in [-0.15, -0.1) is 5.10 Å². The molecule has 0 aliphatic carbocycles. The average Bonchev–Trinajstić information content (AvgIpc) is 2.92. The second-order valence-electron chi connectivity index (χ2n) is 5.72. The van der Waals surface area contributed by atoms with E-state index in [-0.39, 0.29) is 24.3 Å². The van der Waals surface area contributed by atoms with Gasteiger partial charge in [0.15, 0.2) is 5.17 Å². The van der Waals surface area contributed by atoms with E-state index in [1.54, 1.807) is 12.1 Å². The first-order valence-corrected chi connectivity index (χ1v) is 8.97. The summed E-state index contributed by atoms with van der Waals surface area (Å²) in [7, 11) is 0. The number of aliphatic carboxylic acids is 1. The van der Waals surface area contributed by atoms with Gasteiger partial charge in [-0.25, -0.2) is 4.39 Å². The van der Waals surface area contributed by atoms with Crippen LogP contribution in [-0.2, 0) is 20.9 Å². The average molecular weight is 381 g/mol. The van der Waals surface area contributed by atoms with Gasteiger partial charge in [-0.05, 0) is 25.0 Å². The normalized spacial score (nSPS) is 19.9. The van der Waals surface area contributed by atoms with E-state index in [0.717, 1.165) is 18.2 Å². The fourth-order valence-electron chi connectivity index (χ4n) is 2.00. The first kappa shape index (κ1) is 20.1. The molecule has 9 heteroatoms. The number of carboxylic acid groups (broad SMARTS) is 1. The van der Waals surface area contributed by atoms with E-state index in [9.17, 15) is 14.0 Å². The molecule has 7 nitrogen and oxygen atoms in total. The van der Waals surface area contributed by atoms with Gasteiger partial charge in [-0.3, -0.25) is 9.59 Å². The Morgan fingerprint density at radius 1 is 1.54 bits per heavy atom. The Bertz CT molecular complexity index is 739. The Balaban J connectivity index is 1.95. The molecular formula is C17H20FN3O4S. The van der Waals surface area contributed by atoms with Crippen LogP contribution in [-0.4, -0.2) is 39.7 Å². The van der Waals surface area contributed by atoms with Crippen molar-refractivity contribution in [3.8, 4) is 0 Å². The van der Waals surface area contributed by atoms with Gasteiger partial charge >= 0.3 is 5.97 Å². The Kier molecular flexibility index (Phi) is 7.28. The van der Waals surface area contributed by atoms with Crippen LogP contribution >= 0.6 is 11.8 Å². The molecule has 1 heterocycles. The standard InChI is InChI=1S/C17H20FN3O4S/c1-3-10(2)25-9-12-5-4-11(6-13(12)18)8-19-21-17-20-16(24)14(26-17)7-15(22)23/h4-6,8,10,14H,3,7,9H2,1-2H3,(H,22,23)(H,20,21,24). The van der Waals surface area contributed by atoms with Crippen LogP contribution in [0.25, 0.3) is 0 Å². The van der Waals surface area contributed by atoms with Crippen LogP contribution in [0.5, 0.6) is 0 Å². The minimum Gasteiger partial charge on any atom is -0.481 e. The molecular weight excluding hydrogens is 361 g/mol. The zero-order valence-electron chi connectivity index (χ0n) is 14.4. The summed E-state index contributed by atoms with van der Waals surface area (Å²) in [5, 5.41) is 18.3. The van der Waals surface area contributed by atoms with E-state index in [0.29, 0.717) is 11.1 Å². The summed E-state index contributed by atoms with van der Waals surface area (Å²) in [4.78, 5) is 22.2. The molecule has 0 bridgehead atoms. The van der Waals surface area contributed by atoms with Crippen molar-refractivity contribution in [3.63, 3.8) is 0 Å². The molecule has 1 aromatic carbocycles. The molecule has 2 unspecified atom stereocenters. The van der Waals surface area contributed by atoms with Gasteiger partial charge < -0.3 is 15.2 Å². The van der Waals surface area contributed by atoms with Gasteiger partial charge in [0, 0.05) is 5.56 Å². The predicted molar refractivity (Wildman–Crippen MR) is 97.7 cm³/mol. The van der Waals surface area contributed by atoms with E-state index in [1.807, 2.05) is 13.8 Å². The molecule has 0 radical (unpaired) electrons. The lowest BCUT2D eigenvalue weighted by Crippen LogP contribution is -2.26. The number of amides is 1. The SMILES string of the molecule is CCC(C)OCc1ccc(C=NN=C2NC(=O)C(CC(=O)O)S2)cc1F. The predicted octanol–water partition coefficient (Wildman–Crippen LogP) is 2.54. The van der Waals surface area contributed by atoms with Crippen molar-refractivity contribution in [1.29, 1.82) is 0 Å². The lowest BCUT2D eigenvalue weighted by molar-refractivity contribution is -0.138. The van der Waals surface area contributed by atoms with Gasteiger partial charge in [-0.1, -0.05) is 30.8 Å². The fraction of sp³-hybridized carbons (Fsp3) is 0.412. The number of rotatable bonds is 8. The molecule has 1 amide bonds. The summed E-state index contributed by atoms with van der Waals surface area (Å²) in [5.41, 5.74) is 0.972. The third-order valence-corrected chi connectivity index (χ3v) is 4.74. The van der Waals surface area contributed by atoms with Crippen molar-refractivity contribution in [2.75, 3.05) is 0 Å². The lowest BCUT2D eigenvalue weighted by Gasteiger charge is -2.11. The molecule has 2 rings (SSSR count). The third kappa shape index (κ3) is 5.92. The highest BCUT2D eigenvalue weighted by atomic mass is 32.2. The van der Waals surface area contributed by atoms with Crippen molar-refractivity contribution >= 4 is 35.0 Å². The zero-order chi connectivity index (χ0) is 19.1. The van der Waals surface area contributed by atoms with Crippen LogP contribution in [0.1, 0.15) is 37.8 Å². The maximum Gasteiger partial charge on any atom is 0.305 e. The number of nitrogens with one attached hydrogen (secondary N) is 1. The van der Waals surface area contributed by atoms with Gasteiger partial charge in [0.1, 0.15) is 11.1 Å². The lowest BCUT2D eigenvalue weighted by atomic mass is 10.1. The first-order valence-electron chi connectivity index (χ1n) is 8.09. The molecule has 0 spiro atoms. The number of amidine groups is 1. The fourth-order valence-corrected chi connectivity index (χ4v) is 2.92. The number of hydrogen-bond acceptors (Lipinski definition) is 6. The molecule has 1 aromatic rings. The third-order valence-electron chi connectivity index (χ3n) is 3.67. The number of thioether (sulfide) groups is 1. The second-order valence-corrected chi connectivity index (χ2v) is 6.92. The van der Waals surface area contributed by atoms with E-state index >= 15 is 0 Å². The molecule has 1 aliphatic rings. The minimum atomic E-state index is -1.06. The smallest absolute Gasteiger partial charge is 0.305 e. The quantitative estimate of drug-likeness (QED) is 0.532. The van der Waals surface area contributed by atoms with Crippen molar-refractivity contribution in [3.05, 3.63) is 35.1 Å². The van der Waals surface area contributed by atoms with Crippen molar-refractivity contribution in [1.82, 2.24) is 5.32 Å². The van der Waals surface area contributed by atoms with Crippen LogP contribution in [0.3, 0.4) is 0 Å². The number of ether oxygens (including phenoxy) is 1. The van der Waals surface area contributed by atoms with Gasteiger partial charge in [0.2, 0.25) is 5.91 Å². The van der Waals surface area contributed by atoms with Crippen molar-refractivity contribution in [2.24, 2.45) is 10.2 Å². The summed E-state index contributed by atoms with van der Waals surface area (Å²) in [6.07, 6.45) is 1.99. The summed E-state index contributed by atoms with van der Waals surface area (Å²) in [6.45, 7) is 4.13. The Hall–Kier alpha value is -2.26. The Morgan fingerprint density at radius 2 is 2.31 bits per heavy atom. The molecule has 0 aromatic heterocycles. The topological polar surface area (TPSA) is 100 Å². The first-order chi connectivity index (χ1) is 12.4. The molecule has 1 aliphatic heterocycles. The minimum absolute atomic E-state index is 0.0653. The highest BCUT2D eigenvalue weighted by Gasteiger charge is 2.32. The van der Waals surface area contributed by atoms with Crippen LogP contribution in [0.4, 0.5) is 4.39 Å². The molecule has 26 heavy (non-hydrogen) atoms.